The van der Waals surface area contributed by atoms with E-state index in [1.807, 2.05) is 0 Å². The molecule has 0 heterocycles. The monoisotopic (exact) mass is 320 g/mol. The summed E-state index contributed by atoms with van der Waals surface area (Å²) in [6.45, 7) is 6.09. The fourth-order valence-electron chi connectivity index (χ4n) is 2.32. The van der Waals surface area contributed by atoms with Gasteiger partial charge in [0, 0.05) is 0 Å². The van der Waals surface area contributed by atoms with Crippen LogP contribution in [-0.4, -0.2) is 6.69 Å². The van der Waals surface area contributed by atoms with Crippen LogP contribution in [0.15, 0.2) is 0 Å². The summed E-state index contributed by atoms with van der Waals surface area (Å²) in [6.07, 6.45) is 14.3. The highest BCUT2D eigenvalue weighted by atomic mass is 79.9. The minimum atomic E-state index is -1.01. The second-order valence-electron chi connectivity index (χ2n) is 5.74. The molecule has 104 valence electrons. The Kier molecular flexibility index (Phi) is 12.3. The molecular formula is C15H33BrSi. The van der Waals surface area contributed by atoms with Crippen molar-refractivity contribution in [1.82, 2.24) is 0 Å². The van der Waals surface area contributed by atoms with E-state index in [4.69, 9.17) is 0 Å². The first-order valence-corrected chi connectivity index (χ1v) is 13.0. The van der Waals surface area contributed by atoms with Crippen molar-refractivity contribution in [3.8, 4) is 0 Å². The van der Waals surface area contributed by atoms with Gasteiger partial charge in [0.25, 0.3) is 0 Å². The standard InChI is InChI=1S/C15H33BrSi/c1-4-6-8-10-11-13-15-17(3,16)14-12-9-7-5-2/h4-15H2,1-3H3. The Morgan fingerprint density at radius 2 is 1.00 bits per heavy atom. The zero-order valence-corrected chi connectivity index (χ0v) is 14.9. The number of unbranched alkanes of at least 4 members (excludes halogenated alkanes) is 8. The molecule has 0 N–H and O–H groups in total. The van der Waals surface area contributed by atoms with Gasteiger partial charge in [0.1, 0.15) is 6.69 Å². The largest absolute Gasteiger partial charge is 0.127 e. The van der Waals surface area contributed by atoms with Crippen LogP contribution < -0.4 is 0 Å². The quantitative estimate of drug-likeness (QED) is 0.208. The summed E-state index contributed by atoms with van der Waals surface area (Å²) in [6, 6.07) is 2.98. The van der Waals surface area contributed by atoms with Gasteiger partial charge in [0.2, 0.25) is 0 Å². The molecule has 0 spiro atoms. The zero-order chi connectivity index (χ0) is 13.0. The molecule has 0 bridgehead atoms. The summed E-state index contributed by atoms with van der Waals surface area (Å²) in [7, 11) is 0. The molecule has 0 aliphatic heterocycles. The number of rotatable bonds is 12. The van der Waals surface area contributed by atoms with Crippen LogP contribution >= 0.6 is 15.3 Å². The molecule has 0 saturated heterocycles. The van der Waals surface area contributed by atoms with Crippen LogP contribution in [-0.2, 0) is 0 Å². The number of hydrogen-bond donors (Lipinski definition) is 0. The number of hydrogen-bond acceptors (Lipinski definition) is 0. The van der Waals surface area contributed by atoms with Gasteiger partial charge in [-0.2, -0.15) is 0 Å². The third-order valence-electron chi connectivity index (χ3n) is 3.60. The normalized spacial score (nSPS) is 14.8. The van der Waals surface area contributed by atoms with E-state index in [2.05, 4.69) is 35.7 Å². The Hall–Kier alpha value is 0.697. The fraction of sp³-hybridized carbons (Fsp3) is 1.00. The van der Waals surface area contributed by atoms with Crippen LogP contribution in [0.25, 0.3) is 0 Å². The Bertz CT molecular complexity index is 157. The predicted molar refractivity (Wildman–Crippen MR) is 87.7 cm³/mol. The van der Waals surface area contributed by atoms with E-state index in [9.17, 15) is 0 Å². The molecule has 2 heteroatoms. The molecule has 0 aliphatic rings. The molecule has 0 aromatic carbocycles. The molecular weight excluding hydrogens is 288 g/mol. The smallest absolute Gasteiger partial charge is 0.126 e. The molecule has 17 heavy (non-hydrogen) atoms. The van der Waals surface area contributed by atoms with Crippen molar-refractivity contribution in [3.05, 3.63) is 0 Å². The lowest BCUT2D eigenvalue weighted by Crippen LogP contribution is -2.20. The van der Waals surface area contributed by atoms with Gasteiger partial charge in [0.15, 0.2) is 0 Å². The molecule has 0 radical (unpaired) electrons. The Balaban J connectivity index is 3.37. The average Bonchev–Trinajstić information content (AvgIpc) is 2.29. The van der Waals surface area contributed by atoms with Crippen LogP contribution in [0.5, 0.6) is 0 Å². The molecule has 0 amide bonds. The maximum atomic E-state index is 4.06. The van der Waals surface area contributed by atoms with E-state index in [1.165, 1.54) is 76.3 Å². The third-order valence-corrected chi connectivity index (χ3v) is 8.77. The summed E-state index contributed by atoms with van der Waals surface area (Å²) < 4.78 is 0. The minimum Gasteiger partial charge on any atom is -0.126 e. The molecule has 0 nitrogen and oxygen atoms in total. The van der Waals surface area contributed by atoms with Gasteiger partial charge in [-0.3, -0.25) is 0 Å². The fourth-order valence-corrected chi connectivity index (χ4v) is 6.23. The van der Waals surface area contributed by atoms with Crippen LogP contribution in [0.1, 0.15) is 78.1 Å². The van der Waals surface area contributed by atoms with Crippen molar-refractivity contribution in [2.24, 2.45) is 0 Å². The van der Waals surface area contributed by atoms with E-state index >= 15 is 0 Å². The zero-order valence-electron chi connectivity index (χ0n) is 12.4. The van der Waals surface area contributed by atoms with Crippen LogP contribution in [0.3, 0.4) is 0 Å². The maximum Gasteiger partial charge on any atom is 0.127 e. The molecule has 0 aliphatic carbocycles. The van der Waals surface area contributed by atoms with E-state index in [1.54, 1.807) is 0 Å². The lowest BCUT2D eigenvalue weighted by Gasteiger charge is -2.19. The van der Waals surface area contributed by atoms with Crippen LogP contribution in [0, 0.1) is 0 Å². The highest BCUT2D eigenvalue weighted by molar-refractivity contribution is 9.26. The van der Waals surface area contributed by atoms with Gasteiger partial charge in [-0.05, 0) is 12.1 Å². The minimum absolute atomic E-state index is 1.01. The SMILES string of the molecule is CCCCCCCC[Si](C)(Br)CCCCCC. The van der Waals surface area contributed by atoms with E-state index in [-0.39, 0.29) is 0 Å². The molecule has 0 saturated carbocycles. The summed E-state index contributed by atoms with van der Waals surface area (Å²) in [4.78, 5) is 0. The maximum absolute atomic E-state index is 4.06. The van der Waals surface area contributed by atoms with Crippen LogP contribution in [0.4, 0.5) is 0 Å². The highest BCUT2D eigenvalue weighted by Gasteiger charge is 2.21. The second kappa shape index (κ2) is 11.8. The van der Waals surface area contributed by atoms with E-state index in [0.29, 0.717) is 0 Å². The van der Waals surface area contributed by atoms with Gasteiger partial charge >= 0.3 is 0 Å². The first-order valence-electron chi connectivity index (χ1n) is 7.81. The van der Waals surface area contributed by atoms with E-state index in [0.717, 1.165) is 0 Å². The summed E-state index contributed by atoms with van der Waals surface area (Å²) >= 11 is 4.06. The lowest BCUT2D eigenvalue weighted by molar-refractivity contribution is 0.622. The number of halogens is 1. The van der Waals surface area contributed by atoms with E-state index < -0.39 is 6.69 Å². The first-order chi connectivity index (χ1) is 8.12. The highest BCUT2D eigenvalue weighted by Crippen LogP contribution is 2.28. The molecule has 0 rings (SSSR count). The first kappa shape index (κ1) is 17.7. The van der Waals surface area contributed by atoms with Crippen molar-refractivity contribution >= 4 is 22.0 Å². The van der Waals surface area contributed by atoms with Gasteiger partial charge in [-0.25, -0.2) is 0 Å². The third kappa shape index (κ3) is 12.9. The topological polar surface area (TPSA) is 0 Å². The van der Waals surface area contributed by atoms with Crippen molar-refractivity contribution in [2.75, 3.05) is 0 Å². The summed E-state index contributed by atoms with van der Waals surface area (Å²) in [5, 5.41) is 0. The second-order valence-corrected chi connectivity index (χ2v) is 15.3. The molecule has 0 fully saturated rings. The predicted octanol–water partition coefficient (Wildman–Crippen LogP) is 6.90. The Labute approximate surface area is 119 Å². The lowest BCUT2D eigenvalue weighted by atomic mass is 10.1. The summed E-state index contributed by atoms with van der Waals surface area (Å²) in [5.41, 5.74) is 0. The molecule has 0 aromatic heterocycles. The molecule has 1 unspecified atom stereocenters. The van der Waals surface area contributed by atoms with Gasteiger partial charge in [0.05, 0.1) is 0 Å². The van der Waals surface area contributed by atoms with Gasteiger partial charge in [-0.1, -0.05) is 84.6 Å². The van der Waals surface area contributed by atoms with Crippen molar-refractivity contribution in [3.63, 3.8) is 0 Å². The molecule has 0 aromatic rings. The van der Waals surface area contributed by atoms with Crippen molar-refractivity contribution < 1.29 is 0 Å². The van der Waals surface area contributed by atoms with Gasteiger partial charge < -0.3 is 0 Å². The van der Waals surface area contributed by atoms with Crippen LogP contribution in [0.2, 0.25) is 18.6 Å². The Morgan fingerprint density at radius 3 is 1.47 bits per heavy atom. The summed E-state index contributed by atoms with van der Waals surface area (Å²) in [5.74, 6) is 0. The molecule has 1 atom stereocenters. The van der Waals surface area contributed by atoms with Crippen molar-refractivity contribution in [1.29, 1.82) is 0 Å². The van der Waals surface area contributed by atoms with Crippen molar-refractivity contribution in [2.45, 2.75) is 96.7 Å². The van der Waals surface area contributed by atoms with Gasteiger partial charge in [-0.15, -0.1) is 15.3 Å². The Morgan fingerprint density at radius 1 is 0.647 bits per heavy atom. The average molecular weight is 321 g/mol.